The average molecular weight is 380 g/mol. The first kappa shape index (κ1) is 20.2. The van der Waals surface area contributed by atoms with E-state index in [9.17, 15) is 5.11 Å². The van der Waals surface area contributed by atoms with E-state index in [4.69, 9.17) is 9.15 Å². The lowest BCUT2D eigenvalue weighted by Crippen LogP contribution is -2.35. The van der Waals surface area contributed by atoms with Crippen LogP contribution in [0.15, 0.2) is 65.3 Å². The van der Waals surface area contributed by atoms with E-state index in [-0.39, 0.29) is 6.61 Å². The molecular weight excluding hydrogens is 350 g/mol. The van der Waals surface area contributed by atoms with Gasteiger partial charge in [0.2, 0.25) is 0 Å². The maximum Gasteiger partial charge on any atom is 0.122 e. The fourth-order valence-corrected chi connectivity index (χ4v) is 3.18. The molecule has 0 aliphatic carbocycles. The molecule has 0 aliphatic rings. The van der Waals surface area contributed by atoms with Crippen molar-refractivity contribution in [1.29, 1.82) is 0 Å². The van der Waals surface area contributed by atoms with E-state index < -0.39 is 6.10 Å². The fourth-order valence-electron chi connectivity index (χ4n) is 3.18. The van der Waals surface area contributed by atoms with Gasteiger partial charge in [-0.3, -0.25) is 4.90 Å². The van der Waals surface area contributed by atoms with Gasteiger partial charge >= 0.3 is 0 Å². The lowest BCUT2D eigenvalue weighted by molar-refractivity contribution is 0.0602. The van der Waals surface area contributed by atoms with Crippen molar-refractivity contribution in [3.8, 4) is 5.75 Å². The van der Waals surface area contributed by atoms with Gasteiger partial charge in [-0.25, -0.2) is 0 Å². The van der Waals surface area contributed by atoms with Gasteiger partial charge in [-0.1, -0.05) is 42.0 Å². The van der Waals surface area contributed by atoms with E-state index in [1.54, 1.807) is 6.26 Å². The second-order valence-electron chi connectivity index (χ2n) is 7.40. The molecule has 3 rings (SSSR count). The van der Waals surface area contributed by atoms with E-state index in [1.165, 1.54) is 16.7 Å². The van der Waals surface area contributed by atoms with Crippen molar-refractivity contribution in [1.82, 2.24) is 4.90 Å². The molecule has 28 heavy (non-hydrogen) atoms. The van der Waals surface area contributed by atoms with Crippen LogP contribution in [0.25, 0.3) is 0 Å². The van der Waals surface area contributed by atoms with Gasteiger partial charge in [-0.05, 0) is 55.7 Å². The molecule has 4 nitrogen and oxygen atoms in total. The first-order chi connectivity index (χ1) is 13.5. The Balaban J connectivity index is 1.62. The molecule has 2 aromatic carbocycles. The van der Waals surface area contributed by atoms with Gasteiger partial charge in [-0.2, -0.15) is 0 Å². The van der Waals surface area contributed by atoms with Crippen LogP contribution in [0.1, 0.15) is 28.0 Å². The summed E-state index contributed by atoms with van der Waals surface area (Å²) >= 11 is 0. The summed E-state index contributed by atoms with van der Waals surface area (Å²) in [6, 6.07) is 18.3. The summed E-state index contributed by atoms with van der Waals surface area (Å²) in [7, 11) is 0. The standard InChI is InChI=1S/C24H29NO3/c1-18-9-11-21(12-10-18)14-25(16-23-7-5-13-27-23)15-22(26)17-28-24-8-4-6-19(2)20(24)3/h4-13,22,26H,14-17H2,1-3H3. The predicted molar refractivity (Wildman–Crippen MR) is 111 cm³/mol. The molecule has 0 spiro atoms. The Hall–Kier alpha value is -2.56. The van der Waals surface area contributed by atoms with Crippen LogP contribution in [0.5, 0.6) is 5.75 Å². The Morgan fingerprint density at radius 3 is 2.46 bits per heavy atom. The van der Waals surface area contributed by atoms with Crippen molar-refractivity contribution in [3.63, 3.8) is 0 Å². The maximum atomic E-state index is 10.6. The Kier molecular flexibility index (Phi) is 6.90. The van der Waals surface area contributed by atoms with Crippen molar-refractivity contribution in [2.45, 2.75) is 40.0 Å². The monoisotopic (exact) mass is 379 g/mol. The third-order valence-corrected chi connectivity index (χ3v) is 4.94. The molecule has 148 valence electrons. The number of hydrogen-bond acceptors (Lipinski definition) is 4. The molecule has 4 heteroatoms. The van der Waals surface area contributed by atoms with E-state index in [0.717, 1.165) is 23.6 Å². The van der Waals surface area contributed by atoms with Crippen molar-refractivity contribution in [2.24, 2.45) is 0 Å². The topological polar surface area (TPSA) is 45.8 Å². The Morgan fingerprint density at radius 2 is 1.75 bits per heavy atom. The molecule has 1 aromatic heterocycles. The van der Waals surface area contributed by atoms with Gasteiger partial charge in [0.25, 0.3) is 0 Å². The highest BCUT2D eigenvalue weighted by Crippen LogP contribution is 2.21. The first-order valence-corrected chi connectivity index (χ1v) is 9.68. The van der Waals surface area contributed by atoms with Crippen LogP contribution < -0.4 is 4.74 Å². The second-order valence-corrected chi connectivity index (χ2v) is 7.40. The quantitative estimate of drug-likeness (QED) is 0.588. The minimum absolute atomic E-state index is 0.257. The van der Waals surface area contributed by atoms with Gasteiger partial charge in [-0.15, -0.1) is 0 Å². The van der Waals surface area contributed by atoms with Crippen LogP contribution >= 0.6 is 0 Å². The van der Waals surface area contributed by atoms with Crippen LogP contribution in [0, 0.1) is 20.8 Å². The molecule has 0 saturated carbocycles. The van der Waals surface area contributed by atoms with Crippen molar-refractivity contribution in [2.75, 3.05) is 13.2 Å². The van der Waals surface area contributed by atoms with E-state index >= 15 is 0 Å². The first-order valence-electron chi connectivity index (χ1n) is 9.68. The maximum absolute atomic E-state index is 10.6. The summed E-state index contributed by atoms with van der Waals surface area (Å²) in [6.07, 6.45) is 1.08. The number of nitrogens with zero attached hydrogens (tertiary/aromatic N) is 1. The van der Waals surface area contributed by atoms with Gasteiger partial charge < -0.3 is 14.3 Å². The number of furan rings is 1. The van der Waals surface area contributed by atoms with E-state index in [1.807, 2.05) is 31.2 Å². The van der Waals surface area contributed by atoms with Crippen LogP contribution in [0.3, 0.4) is 0 Å². The highest BCUT2D eigenvalue weighted by molar-refractivity contribution is 5.38. The third kappa shape index (κ3) is 5.72. The Morgan fingerprint density at radius 1 is 0.964 bits per heavy atom. The lowest BCUT2D eigenvalue weighted by atomic mass is 10.1. The SMILES string of the molecule is Cc1ccc(CN(Cc2ccco2)CC(O)COc2cccc(C)c2C)cc1. The Labute approximate surface area is 167 Å². The number of aliphatic hydroxyl groups excluding tert-OH is 1. The zero-order chi connectivity index (χ0) is 19.9. The molecule has 0 bridgehead atoms. The number of aryl methyl sites for hydroxylation is 2. The van der Waals surface area contributed by atoms with Crippen LogP contribution in [-0.2, 0) is 13.1 Å². The molecule has 3 aromatic rings. The van der Waals surface area contributed by atoms with Crippen LogP contribution in [0.2, 0.25) is 0 Å². The van der Waals surface area contributed by atoms with Crippen molar-refractivity contribution in [3.05, 3.63) is 88.9 Å². The number of hydrogen-bond donors (Lipinski definition) is 1. The third-order valence-electron chi connectivity index (χ3n) is 4.94. The fraction of sp³-hybridized carbons (Fsp3) is 0.333. The van der Waals surface area contributed by atoms with Crippen LogP contribution in [-0.4, -0.2) is 29.3 Å². The van der Waals surface area contributed by atoms with Crippen molar-refractivity contribution < 1.29 is 14.3 Å². The van der Waals surface area contributed by atoms with Gasteiger partial charge in [0, 0.05) is 13.1 Å². The minimum Gasteiger partial charge on any atom is -0.491 e. The molecule has 1 unspecified atom stereocenters. The number of aliphatic hydroxyl groups is 1. The summed E-state index contributed by atoms with van der Waals surface area (Å²) in [6.45, 7) is 8.32. The Bertz CT molecular complexity index is 856. The molecule has 0 radical (unpaired) electrons. The van der Waals surface area contributed by atoms with Crippen molar-refractivity contribution >= 4 is 0 Å². The molecule has 0 amide bonds. The van der Waals surface area contributed by atoms with Gasteiger partial charge in [0.1, 0.15) is 24.2 Å². The summed E-state index contributed by atoms with van der Waals surface area (Å²) in [5, 5.41) is 10.6. The second kappa shape index (κ2) is 9.58. The van der Waals surface area contributed by atoms with Gasteiger partial charge in [0.15, 0.2) is 0 Å². The normalized spacial score (nSPS) is 12.3. The molecule has 0 fully saturated rings. The summed E-state index contributed by atoms with van der Waals surface area (Å²) in [5.74, 6) is 1.71. The highest BCUT2D eigenvalue weighted by Gasteiger charge is 2.15. The number of rotatable bonds is 9. The largest absolute Gasteiger partial charge is 0.491 e. The van der Waals surface area contributed by atoms with E-state index in [2.05, 4.69) is 49.1 Å². The minimum atomic E-state index is -0.597. The molecule has 1 heterocycles. The highest BCUT2D eigenvalue weighted by atomic mass is 16.5. The molecule has 0 aliphatic heterocycles. The lowest BCUT2D eigenvalue weighted by Gasteiger charge is -2.25. The van der Waals surface area contributed by atoms with Gasteiger partial charge in [0.05, 0.1) is 12.8 Å². The molecule has 1 N–H and O–H groups in total. The number of ether oxygens (including phenoxy) is 1. The predicted octanol–water partition coefficient (Wildman–Crippen LogP) is 4.65. The molecule has 0 saturated heterocycles. The zero-order valence-electron chi connectivity index (χ0n) is 16.9. The molecule has 1 atom stereocenters. The van der Waals surface area contributed by atoms with Crippen LogP contribution in [0.4, 0.5) is 0 Å². The average Bonchev–Trinajstić information content (AvgIpc) is 3.18. The summed E-state index contributed by atoms with van der Waals surface area (Å²) in [4.78, 5) is 2.18. The number of benzene rings is 2. The smallest absolute Gasteiger partial charge is 0.122 e. The summed E-state index contributed by atoms with van der Waals surface area (Å²) in [5.41, 5.74) is 4.75. The van der Waals surface area contributed by atoms with E-state index in [0.29, 0.717) is 13.1 Å². The zero-order valence-corrected chi connectivity index (χ0v) is 16.9. The molecular formula is C24H29NO3. The summed E-state index contributed by atoms with van der Waals surface area (Å²) < 4.78 is 11.4.